The molecular weight excluding hydrogens is 462 g/mol. The second kappa shape index (κ2) is 11.0. The van der Waals surface area contributed by atoms with E-state index in [1.54, 1.807) is 7.11 Å². The molecule has 0 spiro atoms. The number of rotatable bonds is 9. The Morgan fingerprint density at radius 2 is 1.54 bits per heavy atom. The van der Waals surface area contributed by atoms with E-state index in [2.05, 4.69) is 21.7 Å². The van der Waals surface area contributed by atoms with Gasteiger partial charge in [0, 0.05) is 29.6 Å². The normalized spacial score (nSPS) is 11.8. The second-order valence-corrected chi connectivity index (χ2v) is 9.01. The van der Waals surface area contributed by atoms with Crippen LogP contribution in [0.4, 0.5) is 0 Å². The minimum Gasteiger partial charge on any atom is -0.497 e. The SMILES string of the molecule is COc1ccc(C(CNC(=O)CNC(=O)Cc2cccc3ccccc23)c2c[nH]c3ccccc23)cc1. The number of aromatic amines is 1. The summed E-state index contributed by atoms with van der Waals surface area (Å²) in [5.74, 6) is 0.288. The predicted molar refractivity (Wildman–Crippen MR) is 147 cm³/mol. The van der Waals surface area contributed by atoms with E-state index in [0.29, 0.717) is 6.54 Å². The highest BCUT2D eigenvalue weighted by Gasteiger charge is 2.19. The number of amides is 2. The average molecular weight is 492 g/mol. The molecule has 1 aromatic heterocycles. The van der Waals surface area contributed by atoms with E-state index < -0.39 is 0 Å². The number of methoxy groups -OCH3 is 1. The van der Waals surface area contributed by atoms with Crippen molar-refractivity contribution in [1.82, 2.24) is 15.6 Å². The first-order valence-electron chi connectivity index (χ1n) is 12.3. The molecule has 0 saturated heterocycles. The lowest BCUT2D eigenvalue weighted by Crippen LogP contribution is -2.39. The molecule has 2 amide bonds. The molecule has 37 heavy (non-hydrogen) atoms. The van der Waals surface area contributed by atoms with Crippen LogP contribution in [0.25, 0.3) is 21.7 Å². The van der Waals surface area contributed by atoms with E-state index in [4.69, 9.17) is 4.74 Å². The van der Waals surface area contributed by atoms with Gasteiger partial charge in [0.1, 0.15) is 5.75 Å². The molecule has 1 unspecified atom stereocenters. The van der Waals surface area contributed by atoms with Crippen molar-refractivity contribution in [3.05, 3.63) is 114 Å². The molecule has 0 bridgehead atoms. The third-order valence-corrected chi connectivity index (χ3v) is 6.70. The monoisotopic (exact) mass is 491 g/mol. The maximum atomic E-state index is 12.7. The lowest BCUT2D eigenvalue weighted by atomic mass is 9.91. The summed E-state index contributed by atoms with van der Waals surface area (Å²) < 4.78 is 5.31. The standard InChI is InChI=1S/C31H29N3O3/c1-37-24-15-13-22(14-16-24)27(28-19-32-29-12-5-4-11-26(28)29)18-33-31(36)20-34-30(35)17-23-9-6-8-21-7-2-3-10-25(21)23/h2-16,19,27,32H,17-18,20H2,1H3,(H,33,36)(H,34,35). The average Bonchev–Trinajstić information content (AvgIpc) is 3.36. The van der Waals surface area contributed by atoms with E-state index in [0.717, 1.165) is 44.1 Å². The van der Waals surface area contributed by atoms with Gasteiger partial charge in [0.05, 0.1) is 20.1 Å². The van der Waals surface area contributed by atoms with E-state index in [-0.39, 0.29) is 30.7 Å². The molecule has 0 saturated carbocycles. The number of ether oxygens (including phenoxy) is 1. The lowest BCUT2D eigenvalue weighted by molar-refractivity contribution is -0.125. The molecule has 0 aliphatic rings. The summed E-state index contributed by atoms with van der Waals surface area (Å²) in [6.45, 7) is 0.318. The minimum atomic E-state index is -0.232. The van der Waals surface area contributed by atoms with E-state index >= 15 is 0 Å². The van der Waals surface area contributed by atoms with Gasteiger partial charge in [-0.15, -0.1) is 0 Å². The van der Waals surface area contributed by atoms with Crippen molar-refractivity contribution in [1.29, 1.82) is 0 Å². The molecule has 0 aliphatic heterocycles. The Morgan fingerprint density at radius 1 is 0.811 bits per heavy atom. The van der Waals surface area contributed by atoms with E-state index in [1.807, 2.05) is 91.1 Å². The zero-order valence-electron chi connectivity index (χ0n) is 20.7. The summed E-state index contributed by atoms with van der Waals surface area (Å²) in [7, 11) is 1.64. The predicted octanol–water partition coefficient (Wildman–Crippen LogP) is 4.94. The number of carbonyl (C=O) groups is 2. The Kier molecular flexibility index (Phi) is 7.17. The summed E-state index contributed by atoms with van der Waals surface area (Å²) in [5, 5.41) is 9.03. The summed E-state index contributed by atoms with van der Waals surface area (Å²) in [6, 6.07) is 29.9. The maximum Gasteiger partial charge on any atom is 0.239 e. The summed E-state index contributed by atoms with van der Waals surface area (Å²) >= 11 is 0. The van der Waals surface area contributed by atoms with Crippen LogP contribution in [0.15, 0.2) is 97.2 Å². The van der Waals surface area contributed by atoms with Gasteiger partial charge in [-0.1, -0.05) is 72.8 Å². The Hall–Kier alpha value is -4.58. The van der Waals surface area contributed by atoms with Crippen molar-refractivity contribution in [2.24, 2.45) is 0 Å². The molecule has 186 valence electrons. The fourth-order valence-corrected chi connectivity index (χ4v) is 4.77. The van der Waals surface area contributed by atoms with Gasteiger partial charge >= 0.3 is 0 Å². The molecule has 0 fully saturated rings. The van der Waals surface area contributed by atoms with Crippen molar-refractivity contribution in [3.63, 3.8) is 0 Å². The summed E-state index contributed by atoms with van der Waals surface area (Å²) in [4.78, 5) is 28.7. The largest absolute Gasteiger partial charge is 0.497 e. The molecule has 6 nitrogen and oxygen atoms in total. The van der Waals surface area contributed by atoms with Crippen LogP contribution in [0.3, 0.4) is 0 Å². The molecule has 1 heterocycles. The number of aromatic nitrogens is 1. The first-order valence-corrected chi connectivity index (χ1v) is 12.3. The molecule has 5 aromatic rings. The van der Waals surface area contributed by atoms with Crippen molar-refractivity contribution < 1.29 is 14.3 Å². The second-order valence-electron chi connectivity index (χ2n) is 9.01. The molecule has 5 rings (SSSR count). The van der Waals surface area contributed by atoms with Gasteiger partial charge in [0.25, 0.3) is 0 Å². The van der Waals surface area contributed by atoms with Gasteiger partial charge in [0.15, 0.2) is 0 Å². The highest BCUT2D eigenvalue weighted by Crippen LogP contribution is 2.31. The number of para-hydroxylation sites is 1. The summed E-state index contributed by atoms with van der Waals surface area (Å²) in [5.41, 5.74) is 4.14. The van der Waals surface area contributed by atoms with Gasteiger partial charge in [-0.05, 0) is 45.7 Å². The van der Waals surface area contributed by atoms with Crippen LogP contribution >= 0.6 is 0 Å². The van der Waals surface area contributed by atoms with E-state index in [9.17, 15) is 9.59 Å². The van der Waals surface area contributed by atoms with Crippen LogP contribution in [0.5, 0.6) is 5.75 Å². The third kappa shape index (κ3) is 5.48. The van der Waals surface area contributed by atoms with Crippen molar-refractivity contribution in [2.45, 2.75) is 12.3 Å². The first kappa shape index (κ1) is 24.1. The van der Waals surface area contributed by atoms with Crippen LogP contribution in [0.2, 0.25) is 0 Å². The van der Waals surface area contributed by atoms with Gasteiger partial charge < -0.3 is 20.4 Å². The number of hydrogen-bond donors (Lipinski definition) is 3. The Labute approximate surface area is 215 Å². The molecule has 0 radical (unpaired) electrons. The van der Waals surface area contributed by atoms with Crippen LogP contribution in [0.1, 0.15) is 22.6 Å². The molecular formula is C31H29N3O3. The number of fused-ring (bicyclic) bond motifs is 2. The van der Waals surface area contributed by atoms with Crippen LogP contribution in [0, 0.1) is 0 Å². The molecule has 4 aromatic carbocycles. The van der Waals surface area contributed by atoms with Crippen LogP contribution in [-0.2, 0) is 16.0 Å². The highest BCUT2D eigenvalue weighted by molar-refractivity contribution is 5.91. The third-order valence-electron chi connectivity index (χ3n) is 6.70. The lowest BCUT2D eigenvalue weighted by Gasteiger charge is -2.19. The maximum absolute atomic E-state index is 12.7. The fraction of sp³-hybridized carbons (Fsp3) is 0.161. The van der Waals surface area contributed by atoms with Crippen molar-refractivity contribution in [2.75, 3.05) is 20.2 Å². The number of hydrogen-bond acceptors (Lipinski definition) is 3. The zero-order valence-corrected chi connectivity index (χ0v) is 20.7. The molecule has 6 heteroatoms. The Balaban J connectivity index is 1.24. The zero-order chi connectivity index (χ0) is 25.6. The first-order chi connectivity index (χ1) is 18.1. The molecule has 0 aliphatic carbocycles. The smallest absolute Gasteiger partial charge is 0.239 e. The topological polar surface area (TPSA) is 83.2 Å². The molecule has 1 atom stereocenters. The van der Waals surface area contributed by atoms with Gasteiger partial charge in [-0.2, -0.15) is 0 Å². The molecule has 3 N–H and O–H groups in total. The Morgan fingerprint density at radius 3 is 2.35 bits per heavy atom. The number of benzene rings is 4. The Bertz CT molecular complexity index is 1530. The highest BCUT2D eigenvalue weighted by atomic mass is 16.5. The number of nitrogens with one attached hydrogen (secondary N) is 3. The number of H-pyrrole nitrogens is 1. The summed E-state index contributed by atoms with van der Waals surface area (Å²) in [6.07, 6.45) is 2.22. The van der Waals surface area contributed by atoms with Crippen LogP contribution < -0.4 is 15.4 Å². The van der Waals surface area contributed by atoms with Gasteiger partial charge in [-0.25, -0.2) is 0 Å². The fourth-order valence-electron chi connectivity index (χ4n) is 4.77. The van der Waals surface area contributed by atoms with Gasteiger partial charge in [0.2, 0.25) is 11.8 Å². The van der Waals surface area contributed by atoms with E-state index in [1.165, 1.54) is 0 Å². The number of carbonyl (C=O) groups excluding carboxylic acids is 2. The van der Waals surface area contributed by atoms with Crippen molar-refractivity contribution >= 4 is 33.5 Å². The van der Waals surface area contributed by atoms with Gasteiger partial charge in [-0.3, -0.25) is 9.59 Å². The minimum absolute atomic E-state index is 0.0719. The quantitative estimate of drug-likeness (QED) is 0.273. The van der Waals surface area contributed by atoms with Crippen LogP contribution in [-0.4, -0.2) is 37.0 Å². The van der Waals surface area contributed by atoms with Crippen molar-refractivity contribution in [3.8, 4) is 5.75 Å².